The molecule has 20 heavy (non-hydrogen) atoms. The first-order chi connectivity index (χ1) is 9.68. The van der Waals surface area contributed by atoms with Gasteiger partial charge in [0.1, 0.15) is 6.61 Å². The molecule has 0 aliphatic heterocycles. The Balaban J connectivity index is 0. The van der Waals surface area contributed by atoms with Crippen LogP contribution in [-0.2, 0) is 14.3 Å². The molecule has 0 amide bonds. The maximum atomic E-state index is 10.1. The van der Waals surface area contributed by atoms with Crippen molar-refractivity contribution in [2.75, 3.05) is 26.4 Å². The molecule has 0 aromatic heterocycles. The number of rotatable bonds is 13. The van der Waals surface area contributed by atoms with Crippen LogP contribution in [-0.4, -0.2) is 37.5 Å². The first-order valence-electron chi connectivity index (χ1n) is 8.06. The fourth-order valence-corrected chi connectivity index (χ4v) is 1.70. The average Bonchev–Trinajstić information content (AvgIpc) is 2.42. The molecule has 0 aliphatic carbocycles. The molecule has 1 N–H and O–H groups in total. The van der Waals surface area contributed by atoms with Crippen LogP contribution in [0.4, 0.5) is 0 Å². The lowest BCUT2D eigenvalue weighted by Gasteiger charge is -2.02. The van der Waals surface area contributed by atoms with Crippen LogP contribution in [0, 0.1) is 0 Å². The molecule has 0 aliphatic rings. The minimum atomic E-state index is -0.880. The van der Waals surface area contributed by atoms with Crippen LogP contribution in [0.2, 0.25) is 0 Å². The minimum absolute atomic E-state index is 0.156. The van der Waals surface area contributed by atoms with Crippen LogP contribution >= 0.6 is 0 Å². The van der Waals surface area contributed by atoms with E-state index in [1.807, 2.05) is 13.8 Å². The van der Waals surface area contributed by atoms with Gasteiger partial charge in [-0.1, -0.05) is 51.9 Å². The van der Waals surface area contributed by atoms with Crippen LogP contribution in [0.15, 0.2) is 0 Å². The molecule has 0 atom stereocenters. The van der Waals surface area contributed by atoms with Crippen molar-refractivity contribution < 1.29 is 19.4 Å². The smallest absolute Gasteiger partial charge is 0.329 e. The van der Waals surface area contributed by atoms with Gasteiger partial charge >= 0.3 is 5.97 Å². The van der Waals surface area contributed by atoms with Gasteiger partial charge in [0.25, 0.3) is 0 Å². The zero-order chi connectivity index (χ0) is 15.5. The van der Waals surface area contributed by atoms with E-state index in [4.69, 9.17) is 14.6 Å². The van der Waals surface area contributed by atoms with Crippen LogP contribution in [0.3, 0.4) is 0 Å². The third kappa shape index (κ3) is 26.1. The molecular formula is C16H34O4. The zero-order valence-corrected chi connectivity index (χ0v) is 13.7. The van der Waals surface area contributed by atoms with E-state index in [1.165, 1.54) is 38.5 Å². The Bertz CT molecular complexity index is 181. The van der Waals surface area contributed by atoms with E-state index in [1.54, 1.807) is 0 Å². The minimum Gasteiger partial charge on any atom is -0.480 e. The Morgan fingerprint density at radius 1 is 0.800 bits per heavy atom. The Hall–Kier alpha value is -0.610. The summed E-state index contributed by atoms with van der Waals surface area (Å²) >= 11 is 0. The normalized spacial score (nSPS) is 9.95. The molecule has 122 valence electrons. The largest absolute Gasteiger partial charge is 0.480 e. The molecule has 0 saturated heterocycles. The summed E-state index contributed by atoms with van der Waals surface area (Å²) in [6, 6.07) is 0. The van der Waals surface area contributed by atoms with Gasteiger partial charge in [-0.05, 0) is 20.3 Å². The van der Waals surface area contributed by atoms with Crippen LogP contribution < -0.4 is 0 Å². The number of carboxylic acids is 1. The number of unbranched alkanes of at least 4 members (excludes halogenated alkanes) is 7. The number of carboxylic acid groups (broad SMARTS) is 1. The molecular weight excluding hydrogens is 256 g/mol. The lowest BCUT2D eigenvalue weighted by molar-refractivity contribution is -0.142. The van der Waals surface area contributed by atoms with Crippen molar-refractivity contribution >= 4 is 5.97 Å². The second-order valence-electron chi connectivity index (χ2n) is 4.70. The second-order valence-corrected chi connectivity index (χ2v) is 4.70. The monoisotopic (exact) mass is 290 g/mol. The predicted octanol–water partition coefficient (Wildman–Crippen LogP) is 4.27. The number of ether oxygens (including phenoxy) is 2. The molecule has 4 nitrogen and oxygen atoms in total. The van der Waals surface area contributed by atoms with Gasteiger partial charge < -0.3 is 14.6 Å². The van der Waals surface area contributed by atoms with Crippen molar-refractivity contribution in [3.63, 3.8) is 0 Å². The van der Waals surface area contributed by atoms with Crippen molar-refractivity contribution in [3.05, 3.63) is 0 Å². The molecule has 0 fully saturated rings. The fraction of sp³-hybridized carbons (Fsp3) is 0.938. The lowest BCUT2D eigenvalue weighted by Crippen LogP contribution is -2.07. The highest BCUT2D eigenvalue weighted by atomic mass is 16.5. The van der Waals surface area contributed by atoms with Gasteiger partial charge in [0.05, 0.1) is 0 Å². The van der Waals surface area contributed by atoms with Gasteiger partial charge in [-0.2, -0.15) is 0 Å². The van der Waals surface area contributed by atoms with Crippen molar-refractivity contribution in [1.29, 1.82) is 0 Å². The Morgan fingerprint density at radius 2 is 1.30 bits per heavy atom. The predicted molar refractivity (Wildman–Crippen MR) is 83.2 cm³/mol. The fourth-order valence-electron chi connectivity index (χ4n) is 1.70. The van der Waals surface area contributed by atoms with Crippen molar-refractivity contribution in [3.8, 4) is 0 Å². The summed E-state index contributed by atoms with van der Waals surface area (Å²) in [4.78, 5) is 10.1. The number of hydrogen-bond acceptors (Lipinski definition) is 3. The molecule has 0 rings (SSSR count). The highest BCUT2D eigenvalue weighted by Gasteiger charge is 1.95. The van der Waals surface area contributed by atoms with Crippen LogP contribution in [0.25, 0.3) is 0 Å². The van der Waals surface area contributed by atoms with E-state index in [0.717, 1.165) is 26.1 Å². The molecule has 0 radical (unpaired) electrons. The van der Waals surface area contributed by atoms with E-state index >= 15 is 0 Å². The zero-order valence-electron chi connectivity index (χ0n) is 13.7. The van der Waals surface area contributed by atoms with Crippen molar-refractivity contribution in [2.24, 2.45) is 0 Å². The molecule has 0 saturated carbocycles. The standard InChI is InChI=1S/C12H24O3.C4H10O/c1-2-3-4-5-6-7-8-9-10-15-11-12(13)14;1-3-5-4-2/h2-11H2,1H3,(H,13,14);3-4H2,1-2H3. The van der Waals surface area contributed by atoms with E-state index in [-0.39, 0.29) is 6.61 Å². The summed E-state index contributed by atoms with van der Waals surface area (Å²) in [5.74, 6) is -0.880. The Kier molecular flexibility index (Phi) is 22.4. The van der Waals surface area contributed by atoms with E-state index in [0.29, 0.717) is 6.61 Å². The van der Waals surface area contributed by atoms with Gasteiger partial charge in [-0.25, -0.2) is 4.79 Å². The summed E-state index contributed by atoms with van der Waals surface area (Å²) < 4.78 is 9.77. The highest BCUT2D eigenvalue weighted by Crippen LogP contribution is 2.08. The van der Waals surface area contributed by atoms with E-state index < -0.39 is 5.97 Å². The molecule has 0 unspecified atom stereocenters. The number of aliphatic carboxylic acids is 1. The quantitative estimate of drug-likeness (QED) is 0.515. The summed E-state index contributed by atoms with van der Waals surface area (Å²) in [5.41, 5.74) is 0. The summed E-state index contributed by atoms with van der Waals surface area (Å²) in [6.07, 6.45) is 10.0. The van der Waals surface area contributed by atoms with Crippen LogP contribution in [0.5, 0.6) is 0 Å². The Labute approximate surface area is 124 Å². The van der Waals surface area contributed by atoms with Gasteiger partial charge in [-0.15, -0.1) is 0 Å². The molecule has 0 spiro atoms. The summed E-state index contributed by atoms with van der Waals surface area (Å²) in [6.45, 7) is 8.32. The van der Waals surface area contributed by atoms with E-state index in [2.05, 4.69) is 6.92 Å². The Morgan fingerprint density at radius 3 is 1.70 bits per heavy atom. The van der Waals surface area contributed by atoms with Gasteiger partial charge in [0.2, 0.25) is 0 Å². The first-order valence-corrected chi connectivity index (χ1v) is 8.06. The lowest BCUT2D eigenvalue weighted by atomic mass is 10.1. The number of carbonyl (C=O) groups is 1. The third-order valence-electron chi connectivity index (χ3n) is 2.78. The molecule has 0 aromatic carbocycles. The maximum Gasteiger partial charge on any atom is 0.329 e. The third-order valence-corrected chi connectivity index (χ3v) is 2.78. The maximum absolute atomic E-state index is 10.1. The van der Waals surface area contributed by atoms with Crippen LogP contribution in [0.1, 0.15) is 72.1 Å². The van der Waals surface area contributed by atoms with Crippen molar-refractivity contribution in [2.45, 2.75) is 72.1 Å². The molecule has 4 heteroatoms. The van der Waals surface area contributed by atoms with Gasteiger partial charge in [0, 0.05) is 19.8 Å². The number of hydrogen-bond donors (Lipinski definition) is 1. The second kappa shape index (κ2) is 20.7. The van der Waals surface area contributed by atoms with Gasteiger partial charge in [0.15, 0.2) is 0 Å². The van der Waals surface area contributed by atoms with Gasteiger partial charge in [-0.3, -0.25) is 0 Å². The molecule has 0 heterocycles. The summed E-state index contributed by atoms with van der Waals surface area (Å²) in [5, 5.41) is 8.31. The van der Waals surface area contributed by atoms with E-state index in [9.17, 15) is 4.79 Å². The topological polar surface area (TPSA) is 55.8 Å². The summed E-state index contributed by atoms with van der Waals surface area (Å²) in [7, 11) is 0. The molecule has 0 aromatic rings. The SMILES string of the molecule is CCCCCCCCCCOCC(=O)O.CCOCC. The average molecular weight is 290 g/mol. The highest BCUT2D eigenvalue weighted by molar-refractivity contribution is 5.67. The first kappa shape index (κ1) is 21.7. The molecule has 0 bridgehead atoms. The van der Waals surface area contributed by atoms with Crippen molar-refractivity contribution in [1.82, 2.24) is 0 Å².